The summed E-state index contributed by atoms with van der Waals surface area (Å²) < 4.78 is 13.3. The zero-order valence-electron chi connectivity index (χ0n) is 10.9. The van der Waals surface area contributed by atoms with E-state index >= 15 is 0 Å². The van der Waals surface area contributed by atoms with E-state index in [9.17, 15) is 19.1 Å². The zero-order valence-corrected chi connectivity index (χ0v) is 10.9. The number of rotatable bonds is 5. The van der Waals surface area contributed by atoms with E-state index in [0.29, 0.717) is 0 Å². The van der Waals surface area contributed by atoms with Gasteiger partial charge in [0.15, 0.2) is 0 Å². The number of carboxylic acid groups (broad SMARTS) is 1. The van der Waals surface area contributed by atoms with E-state index in [0.717, 1.165) is 0 Å². The molecule has 0 radical (unpaired) electrons. The van der Waals surface area contributed by atoms with Crippen molar-refractivity contribution < 1.29 is 19.1 Å². The third kappa shape index (κ3) is 3.43. The topological polar surface area (TPSA) is 78.4 Å². The minimum Gasteiger partial charge on any atom is -0.480 e. The largest absolute Gasteiger partial charge is 0.480 e. The lowest BCUT2D eigenvalue weighted by molar-refractivity contribution is -0.144. The molecular formula is C13H17FN2O3. The lowest BCUT2D eigenvalue weighted by Crippen LogP contribution is -2.55. The van der Waals surface area contributed by atoms with Crippen molar-refractivity contribution in [3.8, 4) is 0 Å². The number of aliphatic carboxylic acids is 1. The summed E-state index contributed by atoms with van der Waals surface area (Å²) in [5.41, 5.74) is -1.33. The van der Waals surface area contributed by atoms with Crippen molar-refractivity contribution in [2.24, 2.45) is 0 Å². The van der Waals surface area contributed by atoms with Gasteiger partial charge in [0.25, 0.3) is 0 Å². The van der Waals surface area contributed by atoms with Crippen LogP contribution in [-0.4, -0.2) is 22.6 Å². The van der Waals surface area contributed by atoms with E-state index in [2.05, 4.69) is 10.6 Å². The number of urea groups is 1. The van der Waals surface area contributed by atoms with E-state index < -0.39 is 23.4 Å². The maximum Gasteiger partial charge on any atom is 0.329 e. The van der Waals surface area contributed by atoms with Gasteiger partial charge in [-0.25, -0.2) is 14.0 Å². The molecule has 0 bridgehead atoms. The molecule has 0 saturated heterocycles. The summed E-state index contributed by atoms with van der Waals surface area (Å²) in [6, 6.07) is 4.94. The quantitative estimate of drug-likeness (QED) is 0.768. The molecule has 6 heteroatoms. The minimum absolute atomic E-state index is 0.00601. The van der Waals surface area contributed by atoms with Gasteiger partial charge in [0.2, 0.25) is 0 Å². The van der Waals surface area contributed by atoms with Crippen molar-refractivity contribution in [1.82, 2.24) is 5.32 Å². The number of hydrogen-bond acceptors (Lipinski definition) is 2. The number of carbonyl (C=O) groups is 2. The lowest BCUT2D eigenvalue weighted by atomic mass is 9.93. The van der Waals surface area contributed by atoms with Crippen LogP contribution < -0.4 is 10.6 Å². The number of nitrogens with one attached hydrogen (secondary N) is 2. The van der Waals surface area contributed by atoms with E-state index in [4.69, 9.17) is 0 Å². The fourth-order valence-electron chi connectivity index (χ4n) is 1.72. The fraction of sp³-hybridized carbons (Fsp3) is 0.385. The predicted octanol–water partition coefficient (Wildman–Crippen LogP) is 2.59. The third-order valence-electron chi connectivity index (χ3n) is 3.09. The van der Waals surface area contributed by atoms with Gasteiger partial charge in [-0.2, -0.15) is 0 Å². The Balaban J connectivity index is 2.80. The Morgan fingerprint density at radius 2 is 1.84 bits per heavy atom. The smallest absolute Gasteiger partial charge is 0.329 e. The maximum absolute atomic E-state index is 13.3. The highest BCUT2D eigenvalue weighted by atomic mass is 19.1. The lowest BCUT2D eigenvalue weighted by Gasteiger charge is -2.28. The molecule has 0 heterocycles. The molecule has 0 fully saturated rings. The van der Waals surface area contributed by atoms with Crippen molar-refractivity contribution in [2.75, 3.05) is 5.32 Å². The molecule has 0 atom stereocenters. The zero-order chi connectivity index (χ0) is 14.5. The molecule has 0 unspecified atom stereocenters. The summed E-state index contributed by atoms with van der Waals surface area (Å²) >= 11 is 0. The van der Waals surface area contributed by atoms with Gasteiger partial charge < -0.3 is 15.7 Å². The van der Waals surface area contributed by atoms with Crippen molar-refractivity contribution in [3.05, 3.63) is 30.1 Å². The van der Waals surface area contributed by atoms with Gasteiger partial charge in [-0.3, -0.25) is 0 Å². The van der Waals surface area contributed by atoms with Crippen LogP contribution in [0.15, 0.2) is 24.3 Å². The van der Waals surface area contributed by atoms with Crippen molar-refractivity contribution in [1.29, 1.82) is 0 Å². The molecule has 5 nitrogen and oxygen atoms in total. The first kappa shape index (κ1) is 14.9. The normalized spacial score (nSPS) is 10.9. The van der Waals surface area contributed by atoms with Crippen LogP contribution in [0.3, 0.4) is 0 Å². The van der Waals surface area contributed by atoms with Crippen LogP contribution in [0.5, 0.6) is 0 Å². The van der Waals surface area contributed by atoms with Gasteiger partial charge >= 0.3 is 12.0 Å². The molecule has 1 aromatic carbocycles. The minimum atomic E-state index is -1.34. The Hall–Kier alpha value is -2.11. The fourth-order valence-corrected chi connectivity index (χ4v) is 1.72. The Bertz CT molecular complexity index is 473. The van der Waals surface area contributed by atoms with Crippen LogP contribution in [0, 0.1) is 5.82 Å². The standard InChI is InChI=1S/C13H17FN2O3/c1-3-13(4-2,11(17)18)16-12(19)15-10-8-6-5-7-9(10)14/h5-8H,3-4H2,1-2H3,(H,17,18)(H2,15,16,19). The highest BCUT2D eigenvalue weighted by Crippen LogP contribution is 2.17. The number of carbonyl (C=O) groups excluding carboxylic acids is 1. The average molecular weight is 268 g/mol. The summed E-state index contributed by atoms with van der Waals surface area (Å²) in [7, 11) is 0. The predicted molar refractivity (Wildman–Crippen MR) is 69.5 cm³/mol. The SMILES string of the molecule is CCC(CC)(NC(=O)Nc1ccccc1F)C(=O)O. The molecule has 3 N–H and O–H groups in total. The van der Waals surface area contributed by atoms with Crippen molar-refractivity contribution in [2.45, 2.75) is 32.2 Å². The number of benzene rings is 1. The molecule has 1 aromatic rings. The Morgan fingerprint density at radius 1 is 1.26 bits per heavy atom. The summed E-state index contributed by atoms with van der Waals surface area (Å²) in [6.45, 7) is 3.34. The van der Waals surface area contributed by atoms with E-state index in [1.165, 1.54) is 18.2 Å². The Morgan fingerprint density at radius 3 is 2.32 bits per heavy atom. The van der Waals surface area contributed by atoms with Gasteiger partial charge in [0, 0.05) is 0 Å². The van der Waals surface area contributed by atoms with Gasteiger partial charge in [-0.05, 0) is 25.0 Å². The molecule has 2 amide bonds. The summed E-state index contributed by atoms with van der Waals surface area (Å²) in [5, 5.41) is 13.9. The van der Waals surface area contributed by atoms with E-state index in [1.807, 2.05) is 0 Å². The first-order valence-corrected chi connectivity index (χ1v) is 6.02. The summed E-state index contributed by atoms with van der Waals surface area (Å²) in [4.78, 5) is 23.0. The molecule has 0 spiro atoms. The molecule has 0 aliphatic heterocycles. The Kier molecular flexibility index (Phi) is 4.86. The van der Waals surface area contributed by atoms with Gasteiger partial charge in [0.1, 0.15) is 11.4 Å². The molecule has 0 aliphatic rings. The first-order chi connectivity index (χ1) is 8.95. The Labute approximate surface area is 110 Å². The molecule has 0 aromatic heterocycles. The van der Waals surface area contributed by atoms with Crippen LogP contribution in [0.2, 0.25) is 0 Å². The van der Waals surface area contributed by atoms with Gasteiger partial charge in [-0.15, -0.1) is 0 Å². The van der Waals surface area contributed by atoms with E-state index in [1.54, 1.807) is 19.9 Å². The molecular weight excluding hydrogens is 251 g/mol. The van der Waals surface area contributed by atoms with Crippen LogP contribution in [0.25, 0.3) is 0 Å². The number of hydrogen-bond donors (Lipinski definition) is 3. The highest BCUT2D eigenvalue weighted by Gasteiger charge is 2.36. The molecule has 1 rings (SSSR count). The second kappa shape index (κ2) is 6.17. The van der Waals surface area contributed by atoms with Crippen molar-refractivity contribution in [3.63, 3.8) is 0 Å². The van der Waals surface area contributed by atoms with E-state index in [-0.39, 0.29) is 18.5 Å². The van der Waals surface area contributed by atoms with Crippen LogP contribution in [0.1, 0.15) is 26.7 Å². The van der Waals surface area contributed by atoms with Crippen molar-refractivity contribution >= 4 is 17.7 Å². The first-order valence-electron chi connectivity index (χ1n) is 6.02. The van der Waals surface area contributed by atoms with Gasteiger partial charge in [-0.1, -0.05) is 26.0 Å². The summed E-state index contributed by atoms with van der Waals surface area (Å²) in [6.07, 6.45) is 0.479. The molecule has 19 heavy (non-hydrogen) atoms. The average Bonchev–Trinajstić information content (AvgIpc) is 2.38. The number of halogens is 1. The second-order valence-corrected chi connectivity index (χ2v) is 4.15. The molecule has 0 saturated carbocycles. The second-order valence-electron chi connectivity index (χ2n) is 4.15. The molecule has 0 aliphatic carbocycles. The summed E-state index contributed by atoms with van der Waals surface area (Å²) in [5.74, 6) is -1.69. The number of amides is 2. The number of carboxylic acids is 1. The highest BCUT2D eigenvalue weighted by molar-refractivity contribution is 5.93. The van der Waals surface area contributed by atoms with Crippen LogP contribution in [0.4, 0.5) is 14.9 Å². The number of para-hydroxylation sites is 1. The van der Waals surface area contributed by atoms with Crippen LogP contribution in [-0.2, 0) is 4.79 Å². The maximum atomic E-state index is 13.3. The van der Waals surface area contributed by atoms with Crippen LogP contribution >= 0.6 is 0 Å². The van der Waals surface area contributed by atoms with Gasteiger partial charge in [0.05, 0.1) is 5.69 Å². The monoisotopic (exact) mass is 268 g/mol. The molecule has 104 valence electrons. The third-order valence-corrected chi connectivity index (χ3v) is 3.09. The number of anilines is 1.